The van der Waals surface area contributed by atoms with E-state index in [1.165, 1.54) is 18.3 Å². The van der Waals surface area contributed by atoms with Gasteiger partial charge in [-0.25, -0.2) is 9.59 Å². The van der Waals surface area contributed by atoms with Gasteiger partial charge in [0.25, 0.3) is 10.0 Å². The maximum atomic E-state index is 13.2. The van der Waals surface area contributed by atoms with Gasteiger partial charge in [-0.2, -0.15) is 13.5 Å². The molecule has 0 atom stereocenters. The maximum absolute atomic E-state index is 13.2. The molecule has 0 spiro atoms. The van der Waals surface area contributed by atoms with Crippen molar-refractivity contribution >= 4 is 28.2 Å². The predicted molar refractivity (Wildman–Crippen MR) is 106 cm³/mol. The maximum Gasteiger partial charge on any atom is 0.357 e. The van der Waals surface area contributed by atoms with Crippen LogP contribution < -0.4 is 0 Å². The van der Waals surface area contributed by atoms with Crippen LogP contribution >= 0.6 is 0 Å². The Morgan fingerprint density at radius 1 is 0.966 bits per heavy atom. The second kappa shape index (κ2) is 9.65. The average molecular weight is 416 g/mol. The molecule has 9 heteroatoms. The van der Waals surface area contributed by atoms with E-state index in [9.17, 15) is 18.0 Å². The number of methoxy groups -OCH3 is 2. The molecule has 29 heavy (non-hydrogen) atoms. The Hall–Kier alpha value is -3.46. The first-order chi connectivity index (χ1) is 13.8. The Morgan fingerprint density at radius 3 is 2.14 bits per heavy atom. The number of aryl methyl sites for hydroxylation is 1. The van der Waals surface area contributed by atoms with Crippen LogP contribution in [0.3, 0.4) is 0 Å². The topological polar surface area (TPSA) is 102 Å². The van der Waals surface area contributed by atoms with Crippen molar-refractivity contribution in [2.45, 2.75) is 11.8 Å². The van der Waals surface area contributed by atoms with E-state index in [0.717, 1.165) is 19.8 Å². The number of hydrazone groups is 1. The van der Waals surface area contributed by atoms with Crippen molar-refractivity contribution in [2.24, 2.45) is 5.10 Å². The fourth-order valence-corrected chi connectivity index (χ4v) is 3.43. The Morgan fingerprint density at radius 2 is 1.59 bits per heavy atom. The molecule has 0 N–H and O–H groups in total. The summed E-state index contributed by atoms with van der Waals surface area (Å²) in [5.41, 5.74) is 0.813. The summed E-state index contributed by atoms with van der Waals surface area (Å²) in [4.78, 5) is 23.9. The minimum atomic E-state index is -4.34. The fraction of sp³-hybridized carbons (Fsp3) is 0.150. The number of rotatable bonds is 7. The highest BCUT2D eigenvalue weighted by Crippen LogP contribution is 2.22. The highest BCUT2D eigenvalue weighted by molar-refractivity contribution is 7.89. The molecule has 2 aromatic carbocycles. The summed E-state index contributed by atoms with van der Waals surface area (Å²) in [7, 11) is -2.18. The number of ether oxygens (including phenoxy) is 2. The first-order valence-corrected chi connectivity index (χ1v) is 9.82. The minimum Gasteiger partial charge on any atom is -0.466 e. The van der Waals surface area contributed by atoms with Crippen LogP contribution in [0.1, 0.15) is 11.1 Å². The molecule has 0 aliphatic carbocycles. The van der Waals surface area contributed by atoms with Gasteiger partial charge in [-0.15, -0.1) is 4.41 Å². The zero-order chi connectivity index (χ0) is 21.4. The molecule has 0 saturated carbocycles. The SMILES string of the molecule is COC(=O)/C=C(/C(=O)OC)N(/N=C/c1ccccc1)S(=O)(=O)c1ccc(C)cc1. The number of benzene rings is 2. The third-order valence-electron chi connectivity index (χ3n) is 3.71. The Kier molecular flexibility index (Phi) is 7.27. The lowest BCUT2D eigenvalue weighted by Crippen LogP contribution is -2.31. The average Bonchev–Trinajstić information content (AvgIpc) is 2.73. The molecular weight excluding hydrogens is 396 g/mol. The monoisotopic (exact) mass is 416 g/mol. The summed E-state index contributed by atoms with van der Waals surface area (Å²) in [6, 6.07) is 14.6. The van der Waals surface area contributed by atoms with Crippen LogP contribution in [0.2, 0.25) is 0 Å². The van der Waals surface area contributed by atoms with Crippen LogP contribution in [0.15, 0.2) is 76.4 Å². The molecule has 0 radical (unpaired) electrons. The molecule has 0 aliphatic heterocycles. The molecule has 0 heterocycles. The third kappa shape index (κ3) is 5.52. The van der Waals surface area contributed by atoms with Gasteiger partial charge >= 0.3 is 11.9 Å². The molecule has 0 saturated heterocycles. The second-order valence-electron chi connectivity index (χ2n) is 5.76. The third-order valence-corrected chi connectivity index (χ3v) is 5.33. The number of hydrogen-bond acceptors (Lipinski definition) is 7. The van der Waals surface area contributed by atoms with Crippen LogP contribution in [0, 0.1) is 6.92 Å². The standard InChI is InChI=1S/C20H20N2O6S/c1-15-9-11-17(12-10-15)29(25,26)22(21-14-16-7-5-4-6-8-16)18(20(24)28-3)13-19(23)27-2/h4-14H,1-3H3/b18-13-,21-14+. The van der Waals surface area contributed by atoms with Gasteiger partial charge in [-0.1, -0.05) is 48.0 Å². The van der Waals surface area contributed by atoms with Crippen LogP contribution in [-0.2, 0) is 29.1 Å². The smallest absolute Gasteiger partial charge is 0.357 e. The Labute approximate surface area is 169 Å². The molecule has 0 fully saturated rings. The van der Waals surface area contributed by atoms with Gasteiger partial charge in [0.2, 0.25) is 0 Å². The van der Waals surface area contributed by atoms with E-state index in [1.807, 2.05) is 0 Å². The summed E-state index contributed by atoms with van der Waals surface area (Å²) in [6.07, 6.45) is 1.96. The molecule has 2 aromatic rings. The second-order valence-corrected chi connectivity index (χ2v) is 7.53. The summed E-state index contributed by atoms with van der Waals surface area (Å²) >= 11 is 0. The normalized spacial score (nSPS) is 11.9. The molecule has 0 bridgehead atoms. The lowest BCUT2D eigenvalue weighted by atomic mass is 10.2. The van der Waals surface area contributed by atoms with Crippen molar-refractivity contribution in [1.82, 2.24) is 4.41 Å². The van der Waals surface area contributed by atoms with E-state index in [1.54, 1.807) is 49.4 Å². The highest BCUT2D eigenvalue weighted by Gasteiger charge is 2.32. The van der Waals surface area contributed by atoms with Crippen molar-refractivity contribution in [1.29, 1.82) is 0 Å². The van der Waals surface area contributed by atoms with Gasteiger partial charge < -0.3 is 9.47 Å². The summed E-state index contributed by atoms with van der Waals surface area (Å²) in [6.45, 7) is 1.80. The first-order valence-electron chi connectivity index (χ1n) is 8.38. The summed E-state index contributed by atoms with van der Waals surface area (Å²) < 4.78 is 36.0. The van der Waals surface area contributed by atoms with Crippen LogP contribution in [-0.4, -0.2) is 45.2 Å². The van der Waals surface area contributed by atoms with Crippen LogP contribution in [0.25, 0.3) is 0 Å². The fourth-order valence-electron chi connectivity index (χ4n) is 2.19. The van der Waals surface area contributed by atoms with Crippen molar-refractivity contribution < 1.29 is 27.5 Å². The predicted octanol–water partition coefficient (Wildman–Crippen LogP) is 2.25. The van der Waals surface area contributed by atoms with E-state index in [2.05, 4.69) is 14.6 Å². The van der Waals surface area contributed by atoms with Crippen LogP contribution in [0.5, 0.6) is 0 Å². The number of hydrogen-bond donors (Lipinski definition) is 0. The van der Waals surface area contributed by atoms with Gasteiger partial charge in [0.15, 0.2) is 5.70 Å². The molecule has 0 amide bonds. The number of carbonyl (C=O) groups excluding carboxylic acids is 2. The van der Waals surface area contributed by atoms with Gasteiger partial charge in [0, 0.05) is 0 Å². The molecule has 2 rings (SSSR count). The van der Waals surface area contributed by atoms with E-state index in [4.69, 9.17) is 0 Å². The van der Waals surface area contributed by atoms with Gasteiger partial charge in [-0.05, 0) is 24.6 Å². The van der Waals surface area contributed by atoms with E-state index in [-0.39, 0.29) is 4.90 Å². The molecular formula is C20H20N2O6S. The Balaban J connectivity index is 2.64. The van der Waals surface area contributed by atoms with Crippen molar-refractivity contribution in [3.8, 4) is 0 Å². The number of carbonyl (C=O) groups is 2. The van der Waals surface area contributed by atoms with Crippen molar-refractivity contribution in [3.63, 3.8) is 0 Å². The molecule has 152 valence electrons. The van der Waals surface area contributed by atoms with Crippen molar-refractivity contribution in [2.75, 3.05) is 14.2 Å². The van der Waals surface area contributed by atoms with E-state index < -0.39 is 27.7 Å². The number of nitrogens with zero attached hydrogens (tertiary/aromatic N) is 2. The quantitative estimate of drug-likeness (QED) is 0.297. The van der Waals surface area contributed by atoms with Gasteiger partial charge in [0.05, 0.1) is 31.4 Å². The van der Waals surface area contributed by atoms with Crippen LogP contribution in [0.4, 0.5) is 0 Å². The molecule has 0 unspecified atom stereocenters. The lowest BCUT2D eigenvalue weighted by Gasteiger charge is -2.20. The summed E-state index contributed by atoms with van der Waals surface area (Å²) in [5.74, 6) is -2.01. The Bertz CT molecular complexity index is 1030. The molecule has 8 nitrogen and oxygen atoms in total. The summed E-state index contributed by atoms with van der Waals surface area (Å²) in [5, 5.41) is 3.96. The zero-order valence-corrected chi connectivity index (χ0v) is 16.9. The molecule has 0 aliphatic rings. The zero-order valence-electron chi connectivity index (χ0n) is 16.1. The minimum absolute atomic E-state index is 0.118. The van der Waals surface area contributed by atoms with E-state index in [0.29, 0.717) is 16.1 Å². The van der Waals surface area contributed by atoms with E-state index >= 15 is 0 Å². The van der Waals surface area contributed by atoms with Gasteiger partial charge in [0.1, 0.15) is 0 Å². The molecule has 0 aromatic heterocycles. The highest BCUT2D eigenvalue weighted by atomic mass is 32.2. The lowest BCUT2D eigenvalue weighted by molar-refractivity contribution is -0.139. The van der Waals surface area contributed by atoms with Crippen molar-refractivity contribution in [3.05, 3.63) is 77.5 Å². The van der Waals surface area contributed by atoms with Gasteiger partial charge in [-0.3, -0.25) is 0 Å². The number of sulfonamides is 1. The first kappa shape index (κ1) is 21.8. The number of esters is 2. The largest absolute Gasteiger partial charge is 0.466 e.